The lowest BCUT2D eigenvalue weighted by Crippen LogP contribution is -2.46. The van der Waals surface area contributed by atoms with E-state index in [-0.39, 0.29) is 23.3 Å². The highest BCUT2D eigenvalue weighted by molar-refractivity contribution is 5.52. The third-order valence-electron chi connectivity index (χ3n) is 5.63. The maximum absolute atomic E-state index is 13.1. The van der Waals surface area contributed by atoms with Gasteiger partial charge in [0.1, 0.15) is 17.7 Å². The number of morpholine rings is 1. The number of nitriles is 1. The number of aromatic nitrogens is 2. The number of rotatable bonds is 6. The van der Waals surface area contributed by atoms with Gasteiger partial charge in [-0.15, -0.1) is 0 Å². The van der Waals surface area contributed by atoms with Crippen molar-refractivity contribution in [1.82, 2.24) is 14.0 Å². The molecule has 3 aromatic rings. The van der Waals surface area contributed by atoms with Crippen LogP contribution < -0.4 is 16.6 Å². The molecule has 8 nitrogen and oxygen atoms in total. The average Bonchev–Trinajstić information content (AvgIpc) is 2.83. The van der Waals surface area contributed by atoms with E-state index in [9.17, 15) is 19.2 Å². The highest BCUT2D eigenvalue weighted by Crippen LogP contribution is 2.14. The van der Waals surface area contributed by atoms with Crippen LogP contribution in [0.15, 0.2) is 64.2 Å². The molecular formula is C24H24FN5O3. The molecule has 33 heavy (non-hydrogen) atoms. The quantitative estimate of drug-likeness (QED) is 0.618. The van der Waals surface area contributed by atoms with Crippen molar-refractivity contribution < 1.29 is 9.13 Å². The van der Waals surface area contributed by atoms with Crippen molar-refractivity contribution in [3.8, 4) is 11.8 Å². The molecule has 2 aromatic carbocycles. The maximum atomic E-state index is 13.1. The number of benzene rings is 2. The van der Waals surface area contributed by atoms with E-state index in [0.29, 0.717) is 31.9 Å². The monoisotopic (exact) mass is 449 g/mol. The Kier molecular flexibility index (Phi) is 6.68. The van der Waals surface area contributed by atoms with Crippen molar-refractivity contribution in [2.75, 3.05) is 31.6 Å². The van der Waals surface area contributed by atoms with Gasteiger partial charge in [-0.2, -0.15) is 5.26 Å². The molecule has 1 atom stereocenters. The van der Waals surface area contributed by atoms with Crippen LogP contribution in [-0.2, 0) is 18.3 Å². The van der Waals surface area contributed by atoms with E-state index in [4.69, 9.17) is 4.74 Å². The molecule has 1 fully saturated rings. The van der Waals surface area contributed by atoms with Gasteiger partial charge in [0.15, 0.2) is 5.56 Å². The van der Waals surface area contributed by atoms with Crippen LogP contribution in [0.25, 0.3) is 5.69 Å². The predicted octanol–water partition coefficient (Wildman–Crippen LogP) is 1.86. The van der Waals surface area contributed by atoms with Crippen LogP contribution in [0.5, 0.6) is 0 Å². The van der Waals surface area contributed by atoms with Gasteiger partial charge in [0, 0.05) is 33.2 Å². The predicted molar refractivity (Wildman–Crippen MR) is 122 cm³/mol. The lowest BCUT2D eigenvalue weighted by atomic mass is 10.2. The standard InChI is InChI=1S/C24H24FN5O3/c1-28-22(21(13-26)23(31)30(24(28)32)19-5-3-2-4-6-19)27-14-20-16-29(11-12-33-20)15-17-7-9-18(25)10-8-17/h2-10,20,27H,11-12,14-16H2,1H3. The van der Waals surface area contributed by atoms with Gasteiger partial charge in [-0.25, -0.2) is 13.8 Å². The lowest BCUT2D eigenvalue weighted by molar-refractivity contribution is -0.0241. The number of halogens is 1. The number of para-hydroxylation sites is 1. The summed E-state index contributed by atoms with van der Waals surface area (Å²) in [6.45, 7) is 2.85. The van der Waals surface area contributed by atoms with Crippen LogP contribution in [0.4, 0.5) is 10.2 Å². The summed E-state index contributed by atoms with van der Waals surface area (Å²) in [5.41, 5.74) is 0.0498. The zero-order valence-electron chi connectivity index (χ0n) is 18.2. The lowest BCUT2D eigenvalue weighted by Gasteiger charge is -2.33. The van der Waals surface area contributed by atoms with Gasteiger partial charge in [0.2, 0.25) is 0 Å². The van der Waals surface area contributed by atoms with Crippen molar-refractivity contribution in [3.05, 3.63) is 92.4 Å². The van der Waals surface area contributed by atoms with E-state index >= 15 is 0 Å². The van der Waals surface area contributed by atoms with E-state index < -0.39 is 11.2 Å². The molecule has 0 spiro atoms. The Morgan fingerprint density at radius 1 is 1.15 bits per heavy atom. The van der Waals surface area contributed by atoms with E-state index in [1.807, 2.05) is 6.07 Å². The van der Waals surface area contributed by atoms with Gasteiger partial charge < -0.3 is 10.1 Å². The van der Waals surface area contributed by atoms with Crippen molar-refractivity contribution in [3.63, 3.8) is 0 Å². The Balaban J connectivity index is 1.51. The average molecular weight is 449 g/mol. The molecule has 1 aliphatic rings. The number of nitrogens with one attached hydrogen (secondary N) is 1. The van der Waals surface area contributed by atoms with E-state index in [1.54, 1.807) is 42.5 Å². The Morgan fingerprint density at radius 2 is 1.88 bits per heavy atom. The second kappa shape index (κ2) is 9.81. The Bertz CT molecular complexity index is 1280. The van der Waals surface area contributed by atoms with Crippen molar-refractivity contribution in [2.45, 2.75) is 12.6 Å². The summed E-state index contributed by atoms with van der Waals surface area (Å²) in [7, 11) is 1.52. The largest absolute Gasteiger partial charge is 0.374 e. The second-order valence-electron chi connectivity index (χ2n) is 7.89. The zero-order valence-corrected chi connectivity index (χ0v) is 18.2. The van der Waals surface area contributed by atoms with Gasteiger partial charge in [-0.05, 0) is 29.8 Å². The fraction of sp³-hybridized carbons (Fsp3) is 0.292. The minimum absolute atomic E-state index is 0.139. The first-order valence-electron chi connectivity index (χ1n) is 10.6. The summed E-state index contributed by atoms with van der Waals surface area (Å²) in [5.74, 6) is -0.102. The molecule has 1 unspecified atom stereocenters. The highest BCUT2D eigenvalue weighted by atomic mass is 19.1. The molecule has 0 aliphatic carbocycles. The molecule has 9 heteroatoms. The molecule has 0 amide bonds. The normalized spacial score (nSPS) is 16.3. The van der Waals surface area contributed by atoms with E-state index in [1.165, 1.54) is 23.7 Å². The van der Waals surface area contributed by atoms with Gasteiger partial charge in [0.25, 0.3) is 5.56 Å². The van der Waals surface area contributed by atoms with Crippen LogP contribution in [-0.4, -0.2) is 46.4 Å². The van der Waals surface area contributed by atoms with Crippen LogP contribution in [0, 0.1) is 17.1 Å². The van der Waals surface area contributed by atoms with E-state index in [0.717, 1.165) is 16.7 Å². The SMILES string of the molecule is Cn1c(NCC2CN(Cc3ccc(F)cc3)CCO2)c(C#N)c(=O)n(-c2ccccc2)c1=O. The second-order valence-corrected chi connectivity index (χ2v) is 7.89. The Morgan fingerprint density at radius 3 is 2.58 bits per heavy atom. The number of hydrogen-bond donors (Lipinski definition) is 1. The maximum Gasteiger partial charge on any atom is 0.337 e. The fourth-order valence-electron chi connectivity index (χ4n) is 3.93. The van der Waals surface area contributed by atoms with Crippen molar-refractivity contribution >= 4 is 5.82 Å². The summed E-state index contributed by atoms with van der Waals surface area (Å²) in [4.78, 5) is 28.1. The minimum Gasteiger partial charge on any atom is -0.374 e. The number of ether oxygens (including phenoxy) is 1. The van der Waals surface area contributed by atoms with Gasteiger partial charge in [0.05, 0.1) is 18.4 Å². The molecule has 2 heterocycles. The summed E-state index contributed by atoms with van der Waals surface area (Å²) >= 11 is 0. The molecule has 1 aliphatic heterocycles. The molecule has 1 N–H and O–H groups in total. The molecule has 4 rings (SSSR count). The Hall–Kier alpha value is -3.74. The molecule has 0 radical (unpaired) electrons. The van der Waals surface area contributed by atoms with Crippen LogP contribution in [0.1, 0.15) is 11.1 Å². The minimum atomic E-state index is -0.670. The third kappa shape index (κ3) is 4.87. The van der Waals surface area contributed by atoms with Crippen molar-refractivity contribution in [2.24, 2.45) is 7.05 Å². The molecule has 0 saturated carbocycles. The first-order valence-corrected chi connectivity index (χ1v) is 10.6. The van der Waals surface area contributed by atoms with Crippen LogP contribution in [0.2, 0.25) is 0 Å². The summed E-state index contributed by atoms with van der Waals surface area (Å²) in [5, 5.41) is 12.7. The molecule has 1 aromatic heterocycles. The third-order valence-corrected chi connectivity index (χ3v) is 5.63. The number of nitrogens with zero attached hydrogens (tertiary/aromatic N) is 4. The number of hydrogen-bond acceptors (Lipinski definition) is 6. The fourth-order valence-corrected chi connectivity index (χ4v) is 3.93. The van der Waals surface area contributed by atoms with Gasteiger partial charge in [-0.3, -0.25) is 14.3 Å². The molecule has 1 saturated heterocycles. The smallest absolute Gasteiger partial charge is 0.337 e. The zero-order chi connectivity index (χ0) is 23.4. The highest BCUT2D eigenvalue weighted by Gasteiger charge is 2.23. The first-order chi connectivity index (χ1) is 16.0. The summed E-state index contributed by atoms with van der Waals surface area (Å²) in [6, 6.07) is 16.8. The molecule has 0 bridgehead atoms. The topological polar surface area (TPSA) is 92.3 Å². The summed E-state index contributed by atoms with van der Waals surface area (Å²) < 4.78 is 21.2. The number of anilines is 1. The van der Waals surface area contributed by atoms with Gasteiger partial charge in [-0.1, -0.05) is 30.3 Å². The molecule has 170 valence electrons. The van der Waals surface area contributed by atoms with Gasteiger partial charge >= 0.3 is 5.69 Å². The van der Waals surface area contributed by atoms with Crippen LogP contribution in [0.3, 0.4) is 0 Å². The van der Waals surface area contributed by atoms with E-state index in [2.05, 4.69) is 10.2 Å². The molecular weight excluding hydrogens is 425 g/mol. The summed E-state index contributed by atoms with van der Waals surface area (Å²) in [6.07, 6.45) is -0.211. The van der Waals surface area contributed by atoms with Crippen molar-refractivity contribution in [1.29, 1.82) is 5.26 Å². The van der Waals surface area contributed by atoms with Crippen LogP contribution >= 0.6 is 0 Å². The Labute approximate surface area is 190 Å². The first kappa shape index (κ1) is 22.5.